The van der Waals surface area contributed by atoms with Gasteiger partial charge in [-0.25, -0.2) is 4.39 Å². The van der Waals surface area contributed by atoms with Crippen LogP contribution in [0.1, 0.15) is 35.7 Å². The van der Waals surface area contributed by atoms with E-state index in [0.29, 0.717) is 0 Å². The Balaban J connectivity index is 1.67. The van der Waals surface area contributed by atoms with Crippen molar-refractivity contribution in [2.75, 3.05) is 7.11 Å². The Morgan fingerprint density at radius 3 is 2.08 bits per heavy atom. The van der Waals surface area contributed by atoms with Gasteiger partial charge in [0.05, 0.1) is 13.2 Å². The van der Waals surface area contributed by atoms with Gasteiger partial charge in [-0.2, -0.15) is 0 Å². The zero-order chi connectivity index (χ0) is 17.4. The van der Waals surface area contributed by atoms with Crippen molar-refractivity contribution in [3.63, 3.8) is 0 Å². The summed E-state index contributed by atoms with van der Waals surface area (Å²) < 4.78 is 19.1. The summed E-state index contributed by atoms with van der Waals surface area (Å²) in [6, 6.07) is 22.2. The quantitative estimate of drug-likeness (QED) is 0.703. The summed E-state index contributed by atoms with van der Waals surface area (Å²) in [5.74, 6) is -0.0617. The Hall–Kier alpha value is -2.65. The van der Waals surface area contributed by atoms with Crippen LogP contribution in [0.4, 0.5) is 4.39 Å². The molecule has 0 saturated heterocycles. The molecular formula is C22H20FNO. The minimum atomic E-state index is -0.333. The minimum Gasteiger partial charge on any atom is -0.494 e. The van der Waals surface area contributed by atoms with E-state index in [1.54, 1.807) is 12.1 Å². The molecule has 0 aliphatic heterocycles. The maximum atomic E-state index is 14.0. The predicted octanol–water partition coefficient (Wildman–Crippen LogP) is 5.25. The first-order chi connectivity index (χ1) is 12.2. The van der Waals surface area contributed by atoms with Gasteiger partial charge in [-0.3, -0.25) is 5.32 Å². The lowest BCUT2D eigenvalue weighted by atomic mass is 10.0. The van der Waals surface area contributed by atoms with Gasteiger partial charge in [-0.15, -0.1) is 0 Å². The van der Waals surface area contributed by atoms with Crippen molar-refractivity contribution in [1.29, 1.82) is 0 Å². The highest BCUT2D eigenvalue weighted by Crippen LogP contribution is 2.44. The summed E-state index contributed by atoms with van der Waals surface area (Å²) in [5, 5.41) is 3.66. The van der Waals surface area contributed by atoms with Crippen LogP contribution in [0.5, 0.6) is 5.75 Å². The van der Waals surface area contributed by atoms with E-state index in [1.165, 1.54) is 29.4 Å². The smallest absolute Gasteiger partial charge is 0.165 e. The fraction of sp³-hybridized carbons (Fsp3) is 0.182. The highest BCUT2D eigenvalue weighted by atomic mass is 19.1. The molecule has 4 rings (SSSR count). The monoisotopic (exact) mass is 333 g/mol. The van der Waals surface area contributed by atoms with E-state index in [1.807, 2.05) is 6.07 Å². The van der Waals surface area contributed by atoms with Crippen molar-refractivity contribution in [3.8, 4) is 16.9 Å². The van der Waals surface area contributed by atoms with E-state index in [-0.39, 0.29) is 23.7 Å². The van der Waals surface area contributed by atoms with E-state index >= 15 is 0 Å². The zero-order valence-corrected chi connectivity index (χ0v) is 14.3. The number of hydrogen-bond acceptors (Lipinski definition) is 2. The number of benzene rings is 3. The van der Waals surface area contributed by atoms with Gasteiger partial charge in [0.2, 0.25) is 0 Å². The maximum absolute atomic E-state index is 14.0. The number of methoxy groups -OCH3 is 1. The number of hydrogen-bond donors (Lipinski definition) is 1. The molecule has 3 aromatic carbocycles. The second-order valence-electron chi connectivity index (χ2n) is 6.39. The highest BCUT2D eigenvalue weighted by Gasteiger charge is 2.29. The van der Waals surface area contributed by atoms with Gasteiger partial charge in [0, 0.05) is 6.04 Å². The van der Waals surface area contributed by atoms with Crippen molar-refractivity contribution >= 4 is 0 Å². The number of ether oxygens (including phenoxy) is 1. The Kier molecular flexibility index (Phi) is 4.02. The van der Waals surface area contributed by atoms with Gasteiger partial charge in [0.25, 0.3) is 0 Å². The minimum absolute atomic E-state index is 0.00428. The van der Waals surface area contributed by atoms with Crippen molar-refractivity contribution in [1.82, 2.24) is 5.32 Å². The van der Waals surface area contributed by atoms with Crippen LogP contribution in [0.3, 0.4) is 0 Å². The van der Waals surface area contributed by atoms with Crippen LogP contribution < -0.4 is 10.1 Å². The topological polar surface area (TPSA) is 21.3 Å². The lowest BCUT2D eigenvalue weighted by Gasteiger charge is -2.22. The fourth-order valence-corrected chi connectivity index (χ4v) is 3.63. The number of nitrogens with one attached hydrogen (secondary N) is 1. The first-order valence-electron chi connectivity index (χ1n) is 8.46. The van der Waals surface area contributed by atoms with Crippen LogP contribution in [0.25, 0.3) is 11.1 Å². The molecule has 0 spiro atoms. The summed E-state index contributed by atoms with van der Waals surface area (Å²) >= 11 is 0. The molecule has 1 N–H and O–H groups in total. The molecule has 1 aliphatic carbocycles. The number of halogens is 1. The second kappa shape index (κ2) is 6.34. The van der Waals surface area contributed by atoms with Crippen LogP contribution in [-0.2, 0) is 0 Å². The average Bonchev–Trinajstić information content (AvgIpc) is 2.96. The first-order valence-corrected chi connectivity index (χ1v) is 8.46. The molecule has 1 unspecified atom stereocenters. The predicted molar refractivity (Wildman–Crippen MR) is 98.2 cm³/mol. The second-order valence-corrected chi connectivity index (χ2v) is 6.39. The van der Waals surface area contributed by atoms with E-state index in [9.17, 15) is 4.39 Å². The van der Waals surface area contributed by atoms with Crippen LogP contribution in [-0.4, -0.2) is 7.11 Å². The van der Waals surface area contributed by atoms with Gasteiger partial charge in [-0.05, 0) is 46.9 Å². The maximum Gasteiger partial charge on any atom is 0.165 e. The first kappa shape index (κ1) is 15.9. The van der Waals surface area contributed by atoms with Crippen LogP contribution in [0, 0.1) is 5.82 Å². The summed E-state index contributed by atoms with van der Waals surface area (Å²) in [4.78, 5) is 0. The molecule has 0 amide bonds. The van der Waals surface area contributed by atoms with E-state index in [4.69, 9.17) is 4.74 Å². The van der Waals surface area contributed by atoms with E-state index in [0.717, 1.165) is 5.56 Å². The van der Waals surface area contributed by atoms with E-state index in [2.05, 4.69) is 60.8 Å². The van der Waals surface area contributed by atoms with Crippen molar-refractivity contribution in [2.45, 2.75) is 19.0 Å². The Morgan fingerprint density at radius 2 is 1.52 bits per heavy atom. The summed E-state index contributed by atoms with van der Waals surface area (Å²) in [5.41, 5.74) is 5.97. The third-order valence-electron chi connectivity index (χ3n) is 4.93. The summed E-state index contributed by atoms with van der Waals surface area (Å²) in [6.45, 7) is 2.06. The Bertz CT molecular complexity index is 876. The molecule has 0 saturated carbocycles. The van der Waals surface area contributed by atoms with Crippen molar-refractivity contribution < 1.29 is 9.13 Å². The molecule has 0 radical (unpaired) electrons. The third kappa shape index (κ3) is 2.71. The highest BCUT2D eigenvalue weighted by molar-refractivity contribution is 5.78. The molecule has 126 valence electrons. The number of rotatable bonds is 4. The molecule has 2 nitrogen and oxygen atoms in total. The van der Waals surface area contributed by atoms with Gasteiger partial charge in [0.15, 0.2) is 11.6 Å². The van der Waals surface area contributed by atoms with Crippen LogP contribution in [0.15, 0.2) is 66.7 Å². The molecule has 25 heavy (non-hydrogen) atoms. The SMILES string of the molecule is COc1ccc(C(C)NC2c3ccccc3-c3ccccc32)cc1F. The molecule has 1 atom stereocenters. The Morgan fingerprint density at radius 1 is 0.920 bits per heavy atom. The normalized spacial score (nSPS) is 14.0. The third-order valence-corrected chi connectivity index (χ3v) is 4.93. The van der Waals surface area contributed by atoms with E-state index < -0.39 is 0 Å². The molecule has 0 aromatic heterocycles. The molecule has 0 bridgehead atoms. The molecule has 1 aliphatic rings. The largest absolute Gasteiger partial charge is 0.494 e. The Labute approximate surface area is 147 Å². The average molecular weight is 333 g/mol. The van der Waals surface area contributed by atoms with Gasteiger partial charge >= 0.3 is 0 Å². The van der Waals surface area contributed by atoms with Crippen LogP contribution >= 0.6 is 0 Å². The lowest BCUT2D eigenvalue weighted by molar-refractivity contribution is 0.385. The summed E-state index contributed by atoms with van der Waals surface area (Å²) in [7, 11) is 1.48. The molecule has 3 aromatic rings. The lowest BCUT2D eigenvalue weighted by Crippen LogP contribution is -2.24. The van der Waals surface area contributed by atoms with Gasteiger partial charge in [-0.1, -0.05) is 54.6 Å². The fourth-order valence-electron chi connectivity index (χ4n) is 3.63. The molecule has 0 fully saturated rings. The zero-order valence-electron chi connectivity index (χ0n) is 14.3. The van der Waals surface area contributed by atoms with Crippen molar-refractivity contribution in [2.24, 2.45) is 0 Å². The van der Waals surface area contributed by atoms with Crippen molar-refractivity contribution in [3.05, 3.63) is 89.2 Å². The summed E-state index contributed by atoms with van der Waals surface area (Å²) in [6.07, 6.45) is 0. The number of fused-ring (bicyclic) bond motifs is 3. The standard InChI is InChI=1S/C22H20FNO/c1-14(15-11-12-21(25-2)20(23)13-15)24-22-18-9-5-3-7-16(18)17-8-4-6-10-19(17)22/h3-14,22,24H,1-2H3. The molecule has 3 heteroatoms. The molecular weight excluding hydrogens is 313 g/mol. The van der Waals surface area contributed by atoms with Gasteiger partial charge < -0.3 is 4.74 Å². The van der Waals surface area contributed by atoms with Crippen LogP contribution in [0.2, 0.25) is 0 Å². The molecule has 0 heterocycles. The van der Waals surface area contributed by atoms with Gasteiger partial charge in [0.1, 0.15) is 0 Å².